The Labute approximate surface area is 144 Å². The molecular formula is C19H28N2O3. The van der Waals surface area contributed by atoms with E-state index in [9.17, 15) is 9.59 Å². The summed E-state index contributed by atoms with van der Waals surface area (Å²) in [6.07, 6.45) is 1.58. The first kappa shape index (κ1) is 18.3. The van der Waals surface area contributed by atoms with E-state index in [-0.39, 0.29) is 29.9 Å². The minimum absolute atomic E-state index is 0.00354. The molecule has 2 amide bonds. The highest BCUT2D eigenvalue weighted by Crippen LogP contribution is 2.17. The highest BCUT2D eigenvalue weighted by molar-refractivity contribution is 5.81. The minimum Gasteiger partial charge on any atom is -0.484 e. The van der Waals surface area contributed by atoms with Crippen LogP contribution in [0.2, 0.25) is 0 Å². The molecule has 0 aromatic heterocycles. The summed E-state index contributed by atoms with van der Waals surface area (Å²) in [5.74, 6) is 0.771. The summed E-state index contributed by atoms with van der Waals surface area (Å²) >= 11 is 0. The number of aryl methyl sites for hydroxylation is 1. The lowest BCUT2D eigenvalue weighted by atomic mass is 9.94. The van der Waals surface area contributed by atoms with Gasteiger partial charge >= 0.3 is 0 Å². The molecule has 1 aliphatic rings. The fourth-order valence-corrected chi connectivity index (χ4v) is 2.55. The van der Waals surface area contributed by atoms with E-state index in [0.29, 0.717) is 18.8 Å². The number of benzene rings is 1. The minimum atomic E-state index is -0.380. The Morgan fingerprint density at radius 1 is 1.17 bits per heavy atom. The van der Waals surface area contributed by atoms with E-state index in [1.165, 1.54) is 0 Å². The van der Waals surface area contributed by atoms with Crippen LogP contribution in [0.3, 0.4) is 0 Å². The molecule has 1 aromatic carbocycles. The van der Waals surface area contributed by atoms with Crippen molar-refractivity contribution in [1.29, 1.82) is 0 Å². The van der Waals surface area contributed by atoms with Crippen LogP contribution < -0.4 is 10.1 Å². The summed E-state index contributed by atoms with van der Waals surface area (Å²) in [4.78, 5) is 26.1. The van der Waals surface area contributed by atoms with Gasteiger partial charge in [-0.05, 0) is 31.9 Å². The standard InChI is InChI=1S/C19H28N2O3/c1-14-5-7-16(8-6-14)24-13-17(22)21-11-9-15(10-12-21)20-18(23)19(2,3)4/h5-8,15H,9-13H2,1-4H3,(H,20,23). The van der Waals surface area contributed by atoms with Gasteiger partial charge in [0.05, 0.1) is 0 Å². The van der Waals surface area contributed by atoms with Crippen molar-refractivity contribution in [3.05, 3.63) is 29.8 Å². The molecule has 24 heavy (non-hydrogen) atoms. The number of ether oxygens (including phenoxy) is 1. The van der Waals surface area contributed by atoms with E-state index >= 15 is 0 Å². The lowest BCUT2D eigenvalue weighted by Crippen LogP contribution is -2.49. The normalized spacial score (nSPS) is 15.9. The number of carbonyl (C=O) groups excluding carboxylic acids is 2. The van der Waals surface area contributed by atoms with Gasteiger partial charge in [0.2, 0.25) is 5.91 Å². The number of rotatable bonds is 4. The van der Waals surface area contributed by atoms with Crippen molar-refractivity contribution >= 4 is 11.8 Å². The zero-order valence-electron chi connectivity index (χ0n) is 15.1. The third-order valence-electron chi connectivity index (χ3n) is 4.25. The van der Waals surface area contributed by atoms with Gasteiger partial charge in [-0.3, -0.25) is 9.59 Å². The monoisotopic (exact) mass is 332 g/mol. The molecule has 2 rings (SSSR count). The molecule has 0 bridgehead atoms. The van der Waals surface area contributed by atoms with Crippen molar-refractivity contribution in [2.45, 2.75) is 46.6 Å². The number of carbonyl (C=O) groups is 2. The Kier molecular flexibility index (Phi) is 5.86. The van der Waals surface area contributed by atoms with Crippen molar-refractivity contribution in [2.75, 3.05) is 19.7 Å². The van der Waals surface area contributed by atoms with Gasteiger partial charge in [-0.1, -0.05) is 38.5 Å². The zero-order chi connectivity index (χ0) is 17.7. The lowest BCUT2D eigenvalue weighted by Gasteiger charge is -2.33. The molecule has 1 N–H and O–H groups in total. The molecule has 0 atom stereocenters. The predicted octanol–water partition coefficient (Wildman–Crippen LogP) is 2.53. The lowest BCUT2D eigenvalue weighted by molar-refractivity contribution is -0.134. The summed E-state index contributed by atoms with van der Waals surface area (Å²) in [5, 5.41) is 3.07. The van der Waals surface area contributed by atoms with Crippen molar-refractivity contribution in [3.63, 3.8) is 0 Å². The number of piperidine rings is 1. The third-order valence-corrected chi connectivity index (χ3v) is 4.25. The number of likely N-dealkylation sites (tertiary alicyclic amines) is 1. The SMILES string of the molecule is Cc1ccc(OCC(=O)N2CCC(NC(=O)C(C)(C)C)CC2)cc1. The van der Waals surface area contributed by atoms with Crippen LogP contribution in [-0.2, 0) is 9.59 Å². The second-order valence-corrected chi connectivity index (χ2v) is 7.48. The van der Waals surface area contributed by atoms with Crippen molar-refractivity contribution in [1.82, 2.24) is 10.2 Å². The summed E-state index contributed by atoms with van der Waals surface area (Å²) < 4.78 is 5.55. The van der Waals surface area contributed by atoms with Crippen LogP contribution in [0.1, 0.15) is 39.2 Å². The molecule has 1 fully saturated rings. The molecule has 0 unspecified atom stereocenters. The number of nitrogens with one attached hydrogen (secondary N) is 1. The van der Waals surface area contributed by atoms with Crippen LogP contribution in [0.25, 0.3) is 0 Å². The largest absolute Gasteiger partial charge is 0.484 e. The van der Waals surface area contributed by atoms with E-state index in [4.69, 9.17) is 4.74 Å². The molecule has 1 heterocycles. The van der Waals surface area contributed by atoms with E-state index < -0.39 is 0 Å². The maximum atomic E-state index is 12.2. The van der Waals surface area contributed by atoms with Gasteiger partial charge in [0, 0.05) is 24.5 Å². The first-order valence-corrected chi connectivity index (χ1v) is 8.54. The Hall–Kier alpha value is -2.04. The number of hydrogen-bond acceptors (Lipinski definition) is 3. The van der Waals surface area contributed by atoms with E-state index in [1.54, 1.807) is 0 Å². The van der Waals surface area contributed by atoms with Crippen LogP contribution in [-0.4, -0.2) is 42.5 Å². The smallest absolute Gasteiger partial charge is 0.260 e. The average Bonchev–Trinajstić information content (AvgIpc) is 2.54. The first-order chi connectivity index (χ1) is 11.3. The van der Waals surface area contributed by atoms with Crippen LogP contribution >= 0.6 is 0 Å². The van der Waals surface area contributed by atoms with Gasteiger partial charge in [0.25, 0.3) is 5.91 Å². The topological polar surface area (TPSA) is 58.6 Å². The Morgan fingerprint density at radius 2 is 1.75 bits per heavy atom. The molecule has 1 saturated heterocycles. The maximum absolute atomic E-state index is 12.2. The van der Waals surface area contributed by atoms with Gasteiger partial charge in [-0.15, -0.1) is 0 Å². The average molecular weight is 332 g/mol. The second kappa shape index (κ2) is 7.69. The molecule has 1 aliphatic heterocycles. The molecule has 132 valence electrons. The van der Waals surface area contributed by atoms with Gasteiger partial charge in [0.15, 0.2) is 6.61 Å². The molecule has 0 spiro atoms. The molecular weight excluding hydrogens is 304 g/mol. The molecule has 5 nitrogen and oxygen atoms in total. The number of amides is 2. The first-order valence-electron chi connectivity index (χ1n) is 8.54. The van der Waals surface area contributed by atoms with Crippen LogP contribution in [0, 0.1) is 12.3 Å². The molecule has 0 radical (unpaired) electrons. The van der Waals surface area contributed by atoms with E-state index in [2.05, 4.69) is 5.32 Å². The number of nitrogens with zero attached hydrogens (tertiary/aromatic N) is 1. The van der Waals surface area contributed by atoms with E-state index in [0.717, 1.165) is 18.4 Å². The Bertz CT molecular complexity index is 567. The predicted molar refractivity (Wildman–Crippen MR) is 93.9 cm³/mol. The Morgan fingerprint density at radius 3 is 2.29 bits per heavy atom. The van der Waals surface area contributed by atoms with Crippen molar-refractivity contribution in [2.24, 2.45) is 5.41 Å². The number of hydrogen-bond donors (Lipinski definition) is 1. The second-order valence-electron chi connectivity index (χ2n) is 7.48. The summed E-state index contributed by atoms with van der Waals surface area (Å²) in [5.41, 5.74) is 0.780. The van der Waals surface area contributed by atoms with Crippen LogP contribution in [0.5, 0.6) is 5.75 Å². The van der Waals surface area contributed by atoms with E-state index in [1.807, 2.05) is 56.9 Å². The van der Waals surface area contributed by atoms with Gasteiger partial charge in [-0.2, -0.15) is 0 Å². The summed E-state index contributed by atoms with van der Waals surface area (Å²) in [6, 6.07) is 7.82. The van der Waals surface area contributed by atoms with Crippen LogP contribution in [0.15, 0.2) is 24.3 Å². The molecule has 0 aliphatic carbocycles. The van der Waals surface area contributed by atoms with Crippen molar-refractivity contribution < 1.29 is 14.3 Å². The molecule has 5 heteroatoms. The third kappa shape index (κ3) is 5.25. The summed E-state index contributed by atoms with van der Waals surface area (Å²) in [6.45, 7) is 9.10. The maximum Gasteiger partial charge on any atom is 0.260 e. The fraction of sp³-hybridized carbons (Fsp3) is 0.579. The fourth-order valence-electron chi connectivity index (χ4n) is 2.55. The van der Waals surface area contributed by atoms with Gasteiger partial charge in [0.1, 0.15) is 5.75 Å². The molecule has 1 aromatic rings. The van der Waals surface area contributed by atoms with Crippen molar-refractivity contribution in [3.8, 4) is 5.75 Å². The highest BCUT2D eigenvalue weighted by atomic mass is 16.5. The van der Waals surface area contributed by atoms with Crippen LogP contribution in [0.4, 0.5) is 0 Å². The molecule has 0 saturated carbocycles. The van der Waals surface area contributed by atoms with Gasteiger partial charge in [-0.25, -0.2) is 0 Å². The summed E-state index contributed by atoms with van der Waals surface area (Å²) in [7, 11) is 0. The van der Waals surface area contributed by atoms with Gasteiger partial charge < -0.3 is 15.0 Å². The zero-order valence-corrected chi connectivity index (χ0v) is 15.1. The Balaban J connectivity index is 1.74. The quantitative estimate of drug-likeness (QED) is 0.922. The highest BCUT2D eigenvalue weighted by Gasteiger charge is 2.27.